The Morgan fingerprint density at radius 1 is 1.10 bits per heavy atom. The summed E-state index contributed by atoms with van der Waals surface area (Å²) >= 11 is 0. The van der Waals surface area contributed by atoms with E-state index >= 15 is 0 Å². The molecule has 98 valence electrons. The summed E-state index contributed by atoms with van der Waals surface area (Å²) in [6.45, 7) is 0.197. The van der Waals surface area contributed by atoms with Gasteiger partial charge < -0.3 is 14.8 Å². The Balaban J connectivity index is 1.77. The van der Waals surface area contributed by atoms with Gasteiger partial charge in [0.05, 0.1) is 11.6 Å². The lowest BCUT2D eigenvalue weighted by molar-refractivity contribution is 0.102. The zero-order valence-corrected chi connectivity index (χ0v) is 10.4. The lowest BCUT2D eigenvalue weighted by atomic mass is 10.1. The summed E-state index contributed by atoms with van der Waals surface area (Å²) in [5.74, 6) is 1.04. The van der Waals surface area contributed by atoms with E-state index in [2.05, 4.69) is 5.32 Å². The predicted octanol–water partition coefficient (Wildman–Crippen LogP) is 2.54. The summed E-state index contributed by atoms with van der Waals surface area (Å²) in [6.07, 6.45) is 0. The van der Waals surface area contributed by atoms with Crippen LogP contribution >= 0.6 is 0 Å². The molecule has 1 aliphatic rings. The summed E-state index contributed by atoms with van der Waals surface area (Å²) < 4.78 is 10.5. The molecule has 1 amide bonds. The molecule has 0 saturated carbocycles. The fourth-order valence-corrected chi connectivity index (χ4v) is 1.87. The normalized spacial score (nSPS) is 11.8. The highest BCUT2D eigenvalue weighted by molar-refractivity contribution is 6.04. The molecule has 0 aromatic heterocycles. The number of hydrogen-bond donors (Lipinski definition) is 1. The molecule has 0 bridgehead atoms. The highest BCUT2D eigenvalue weighted by Gasteiger charge is 2.14. The number of nitriles is 1. The van der Waals surface area contributed by atoms with Crippen LogP contribution in [0.5, 0.6) is 11.5 Å². The summed E-state index contributed by atoms with van der Waals surface area (Å²) in [5, 5.41) is 11.5. The number of amides is 1. The average Bonchev–Trinajstić information content (AvgIpc) is 2.95. The van der Waals surface area contributed by atoms with Crippen molar-refractivity contribution in [3.63, 3.8) is 0 Å². The SMILES string of the molecule is N#Cc1ccc(C(=O)Nc2ccc3c(c2)OCO3)cc1. The van der Waals surface area contributed by atoms with Crippen LogP contribution in [0.25, 0.3) is 0 Å². The van der Waals surface area contributed by atoms with E-state index in [1.54, 1.807) is 42.5 Å². The number of fused-ring (bicyclic) bond motifs is 1. The average molecular weight is 266 g/mol. The molecule has 5 nitrogen and oxygen atoms in total. The van der Waals surface area contributed by atoms with E-state index < -0.39 is 0 Å². The van der Waals surface area contributed by atoms with E-state index in [9.17, 15) is 4.79 Å². The zero-order chi connectivity index (χ0) is 13.9. The first kappa shape index (κ1) is 12.1. The third-order valence-electron chi connectivity index (χ3n) is 2.91. The van der Waals surface area contributed by atoms with Crippen LogP contribution in [0.3, 0.4) is 0 Å². The molecular formula is C15H10N2O3. The lowest BCUT2D eigenvalue weighted by Crippen LogP contribution is -2.11. The van der Waals surface area contributed by atoms with E-state index in [0.29, 0.717) is 28.3 Å². The van der Waals surface area contributed by atoms with Gasteiger partial charge >= 0.3 is 0 Å². The standard InChI is InChI=1S/C15H10N2O3/c16-8-10-1-3-11(4-2-10)15(18)17-12-5-6-13-14(7-12)20-9-19-13/h1-7H,9H2,(H,17,18). The molecule has 5 heteroatoms. The molecule has 1 heterocycles. The van der Waals surface area contributed by atoms with E-state index in [4.69, 9.17) is 14.7 Å². The number of nitrogens with zero attached hydrogens (tertiary/aromatic N) is 1. The summed E-state index contributed by atoms with van der Waals surface area (Å²) in [5.41, 5.74) is 1.63. The molecule has 1 N–H and O–H groups in total. The molecule has 1 aliphatic heterocycles. The number of benzene rings is 2. The first-order valence-electron chi connectivity index (χ1n) is 5.97. The Morgan fingerprint density at radius 2 is 1.85 bits per heavy atom. The van der Waals surface area contributed by atoms with Crippen LogP contribution < -0.4 is 14.8 Å². The number of carbonyl (C=O) groups excluding carboxylic acids is 1. The Kier molecular flexibility index (Phi) is 2.98. The van der Waals surface area contributed by atoms with Crippen molar-refractivity contribution in [1.29, 1.82) is 5.26 Å². The minimum atomic E-state index is -0.242. The number of nitrogens with one attached hydrogen (secondary N) is 1. The molecule has 0 radical (unpaired) electrons. The Labute approximate surface area is 115 Å². The van der Waals surface area contributed by atoms with Gasteiger partial charge in [-0.25, -0.2) is 0 Å². The molecular weight excluding hydrogens is 256 g/mol. The fourth-order valence-electron chi connectivity index (χ4n) is 1.87. The topological polar surface area (TPSA) is 71.4 Å². The van der Waals surface area contributed by atoms with Crippen molar-refractivity contribution in [3.05, 3.63) is 53.6 Å². The molecule has 0 unspecified atom stereocenters. The number of rotatable bonds is 2. The molecule has 0 atom stereocenters. The number of hydrogen-bond acceptors (Lipinski definition) is 4. The first-order chi connectivity index (χ1) is 9.76. The van der Waals surface area contributed by atoms with E-state index in [-0.39, 0.29) is 12.7 Å². The van der Waals surface area contributed by atoms with Crippen LogP contribution in [0.4, 0.5) is 5.69 Å². The van der Waals surface area contributed by atoms with Gasteiger partial charge in [-0.05, 0) is 36.4 Å². The summed E-state index contributed by atoms with van der Waals surface area (Å²) in [4.78, 5) is 12.0. The molecule has 0 aliphatic carbocycles. The van der Waals surface area contributed by atoms with Crippen LogP contribution in [0.1, 0.15) is 15.9 Å². The minimum Gasteiger partial charge on any atom is -0.454 e. The maximum Gasteiger partial charge on any atom is 0.255 e. The molecule has 3 rings (SSSR count). The number of carbonyl (C=O) groups is 1. The summed E-state index contributed by atoms with van der Waals surface area (Å²) in [6, 6.07) is 13.6. The number of ether oxygens (including phenoxy) is 2. The Morgan fingerprint density at radius 3 is 2.60 bits per heavy atom. The molecule has 20 heavy (non-hydrogen) atoms. The largest absolute Gasteiger partial charge is 0.454 e. The van der Waals surface area contributed by atoms with Gasteiger partial charge in [0.1, 0.15) is 0 Å². The van der Waals surface area contributed by atoms with Gasteiger partial charge in [-0.3, -0.25) is 4.79 Å². The quantitative estimate of drug-likeness (QED) is 0.906. The van der Waals surface area contributed by atoms with Gasteiger partial charge in [0.25, 0.3) is 5.91 Å². The smallest absolute Gasteiger partial charge is 0.255 e. The van der Waals surface area contributed by atoms with Crippen molar-refractivity contribution >= 4 is 11.6 Å². The van der Waals surface area contributed by atoms with Gasteiger partial charge in [0, 0.05) is 17.3 Å². The Bertz CT molecular complexity index is 702. The predicted molar refractivity (Wildman–Crippen MR) is 71.7 cm³/mol. The van der Waals surface area contributed by atoms with Crippen LogP contribution in [0.15, 0.2) is 42.5 Å². The van der Waals surface area contributed by atoms with Gasteiger partial charge in [-0.1, -0.05) is 0 Å². The summed E-state index contributed by atoms with van der Waals surface area (Å²) in [7, 11) is 0. The second kappa shape index (κ2) is 4.94. The highest BCUT2D eigenvalue weighted by atomic mass is 16.7. The van der Waals surface area contributed by atoms with Gasteiger partial charge in [-0.2, -0.15) is 5.26 Å². The second-order valence-corrected chi connectivity index (χ2v) is 4.21. The van der Waals surface area contributed by atoms with Crippen molar-refractivity contribution in [1.82, 2.24) is 0 Å². The van der Waals surface area contributed by atoms with Crippen molar-refractivity contribution in [2.45, 2.75) is 0 Å². The minimum absolute atomic E-state index is 0.197. The molecule has 0 fully saturated rings. The fraction of sp³-hybridized carbons (Fsp3) is 0.0667. The third-order valence-corrected chi connectivity index (χ3v) is 2.91. The maximum absolute atomic E-state index is 12.0. The molecule has 2 aromatic carbocycles. The second-order valence-electron chi connectivity index (χ2n) is 4.21. The first-order valence-corrected chi connectivity index (χ1v) is 5.97. The Hall–Kier alpha value is -3.00. The highest BCUT2D eigenvalue weighted by Crippen LogP contribution is 2.34. The van der Waals surface area contributed by atoms with Gasteiger partial charge in [-0.15, -0.1) is 0 Å². The van der Waals surface area contributed by atoms with Crippen molar-refractivity contribution in [3.8, 4) is 17.6 Å². The van der Waals surface area contributed by atoms with Crippen LogP contribution in [0, 0.1) is 11.3 Å². The van der Waals surface area contributed by atoms with Crippen molar-refractivity contribution in [2.75, 3.05) is 12.1 Å². The third kappa shape index (κ3) is 2.27. The zero-order valence-electron chi connectivity index (χ0n) is 10.4. The maximum atomic E-state index is 12.0. The van der Waals surface area contributed by atoms with Crippen LogP contribution in [-0.2, 0) is 0 Å². The van der Waals surface area contributed by atoms with E-state index in [0.717, 1.165) is 0 Å². The van der Waals surface area contributed by atoms with Crippen molar-refractivity contribution < 1.29 is 14.3 Å². The van der Waals surface area contributed by atoms with Crippen molar-refractivity contribution in [2.24, 2.45) is 0 Å². The van der Waals surface area contributed by atoms with Gasteiger partial charge in [0.2, 0.25) is 6.79 Å². The molecule has 0 spiro atoms. The van der Waals surface area contributed by atoms with E-state index in [1.807, 2.05) is 6.07 Å². The lowest BCUT2D eigenvalue weighted by Gasteiger charge is -2.06. The van der Waals surface area contributed by atoms with Crippen LogP contribution in [0.2, 0.25) is 0 Å². The van der Waals surface area contributed by atoms with E-state index in [1.165, 1.54) is 0 Å². The van der Waals surface area contributed by atoms with Gasteiger partial charge in [0.15, 0.2) is 11.5 Å². The molecule has 2 aromatic rings. The number of anilines is 1. The molecule has 0 saturated heterocycles. The van der Waals surface area contributed by atoms with Crippen LogP contribution in [-0.4, -0.2) is 12.7 Å². The monoisotopic (exact) mass is 266 g/mol.